The van der Waals surface area contributed by atoms with E-state index >= 15 is 0 Å². The van der Waals surface area contributed by atoms with Crippen molar-refractivity contribution in [1.29, 1.82) is 0 Å². The Morgan fingerprint density at radius 2 is 1.92 bits per heavy atom. The van der Waals surface area contributed by atoms with Crippen LogP contribution in [0.5, 0.6) is 5.75 Å². The standard InChI is InChI=1S/C19H22ClFN2O2/c1-13(25-17-6-4-5-15(20)11-17)19(24)22-12-18(23(2)3)14-7-9-16(21)10-8-14/h4-11,13,18H,12H2,1-3H3,(H,22,24). The highest BCUT2D eigenvalue weighted by Gasteiger charge is 2.19. The third-order valence-electron chi connectivity index (χ3n) is 3.83. The molecule has 6 heteroatoms. The van der Waals surface area contributed by atoms with Crippen molar-refractivity contribution in [2.45, 2.75) is 19.1 Å². The van der Waals surface area contributed by atoms with Gasteiger partial charge in [-0.25, -0.2) is 4.39 Å². The van der Waals surface area contributed by atoms with Gasteiger partial charge < -0.3 is 15.0 Å². The summed E-state index contributed by atoms with van der Waals surface area (Å²) in [5.74, 6) is 0.0283. The molecule has 0 aromatic heterocycles. The van der Waals surface area contributed by atoms with Crippen molar-refractivity contribution in [3.05, 3.63) is 64.9 Å². The smallest absolute Gasteiger partial charge is 0.260 e. The summed E-state index contributed by atoms with van der Waals surface area (Å²) >= 11 is 5.91. The van der Waals surface area contributed by atoms with E-state index in [2.05, 4.69) is 5.32 Å². The number of hydrogen-bond acceptors (Lipinski definition) is 3. The van der Waals surface area contributed by atoms with E-state index in [4.69, 9.17) is 16.3 Å². The number of benzene rings is 2. The lowest BCUT2D eigenvalue weighted by atomic mass is 10.1. The Kier molecular flexibility index (Phi) is 6.79. The molecule has 2 unspecified atom stereocenters. The van der Waals surface area contributed by atoms with Gasteiger partial charge in [-0.15, -0.1) is 0 Å². The van der Waals surface area contributed by atoms with Crippen LogP contribution in [0.25, 0.3) is 0 Å². The van der Waals surface area contributed by atoms with Gasteiger partial charge in [-0.3, -0.25) is 4.79 Å². The van der Waals surface area contributed by atoms with Crippen molar-refractivity contribution >= 4 is 17.5 Å². The second-order valence-corrected chi connectivity index (χ2v) is 6.43. The van der Waals surface area contributed by atoms with E-state index in [0.717, 1.165) is 5.56 Å². The van der Waals surface area contributed by atoms with Crippen LogP contribution in [-0.4, -0.2) is 37.6 Å². The number of halogens is 2. The fourth-order valence-corrected chi connectivity index (χ4v) is 2.60. The van der Waals surface area contributed by atoms with E-state index in [1.54, 1.807) is 43.3 Å². The van der Waals surface area contributed by atoms with Gasteiger partial charge in [0.2, 0.25) is 0 Å². The molecule has 0 heterocycles. The van der Waals surface area contributed by atoms with E-state index in [9.17, 15) is 9.18 Å². The largest absolute Gasteiger partial charge is 0.481 e. The summed E-state index contributed by atoms with van der Waals surface area (Å²) in [6, 6.07) is 13.1. The number of nitrogens with zero attached hydrogens (tertiary/aromatic N) is 1. The van der Waals surface area contributed by atoms with Crippen molar-refractivity contribution in [3.63, 3.8) is 0 Å². The highest BCUT2D eigenvalue weighted by molar-refractivity contribution is 6.30. The fraction of sp³-hybridized carbons (Fsp3) is 0.316. The summed E-state index contributed by atoms with van der Waals surface area (Å²) in [5, 5.41) is 3.43. The summed E-state index contributed by atoms with van der Waals surface area (Å²) in [7, 11) is 3.82. The molecule has 0 spiro atoms. The highest BCUT2D eigenvalue weighted by Crippen LogP contribution is 2.19. The maximum Gasteiger partial charge on any atom is 0.260 e. The molecule has 134 valence electrons. The first kappa shape index (κ1) is 19.2. The van der Waals surface area contributed by atoms with Crippen LogP contribution in [0, 0.1) is 5.82 Å². The van der Waals surface area contributed by atoms with Gasteiger partial charge in [-0.1, -0.05) is 29.8 Å². The maximum atomic E-state index is 13.1. The summed E-state index contributed by atoms with van der Waals surface area (Å²) in [6.45, 7) is 2.07. The third-order valence-corrected chi connectivity index (χ3v) is 4.06. The summed E-state index contributed by atoms with van der Waals surface area (Å²) in [4.78, 5) is 14.3. The fourth-order valence-electron chi connectivity index (χ4n) is 2.42. The molecular formula is C19H22ClFN2O2. The number of likely N-dealkylation sites (N-methyl/N-ethyl adjacent to an activating group) is 1. The molecule has 0 radical (unpaired) electrons. The van der Waals surface area contributed by atoms with E-state index in [1.807, 2.05) is 19.0 Å². The van der Waals surface area contributed by atoms with Gasteiger partial charge in [0.1, 0.15) is 11.6 Å². The summed E-state index contributed by atoms with van der Waals surface area (Å²) < 4.78 is 18.7. The second-order valence-electron chi connectivity index (χ2n) is 5.99. The molecule has 0 aliphatic heterocycles. The van der Waals surface area contributed by atoms with Gasteiger partial charge in [-0.2, -0.15) is 0 Å². The molecule has 2 aromatic rings. The van der Waals surface area contributed by atoms with Crippen LogP contribution < -0.4 is 10.1 Å². The third kappa shape index (κ3) is 5.73. The van der Waals surface area contributed by atoms with Crippen molar-refractivity contribution in [2.24, 2.45) is 0 Å². The monoisotopic (exact) mass is 364 g/mol. The zero-order valence-corrected chi connectivity index (χ0v) is 15.3. The molecule has 2 rings (SSSR count). The predicted molar refractivity (Wildman–Crippen MR) is 97.4 cm³/mol. The predicted octanol–water partition coefficient (Wildman–Crippen LogP) is 3.67. The Balaban J connectivity index is 1.95. The average molecular weight is 365 g/mol. The first-order valence-electron chi connectivity index (χ1n) is 7.98. The van der Waals surface area contributed by atoms with Gasteiger partial charge in [0.05, 0.1) is 6.04 Å². The molecule has 0 saturated carbocycles. The Bertz CT molecular complexity index is 707. The quantitative estimate of drug-likeness (QED) is 0.815. The zero-order chi connectivity index (χ0) is 18.4. The summed E-state index contributed by atoms with van der Waals surface area (Å²) in [5.41, 5.74) is 0.926. The Hall–Kier alpha value is -2.11. The first-order valence-corrected chi connectivity index (χ1v) is 8.36. The van der Waals surface area contributed by atoms with E-state index in [-0.39, 0.29) is 17.8 Å². The molecule has 1 amide bonds. The van der Waals surface area contributed by atoms with Crippen LogP contribution in [0.2, 0.25) is 5.02 Å². The van der Waals surface area contributed by atoms with Gasteiger partial charge in [0.25, 0.3) is 5.91 Å². The lowest BCUT2D eigenvalue weighted by Gasteiger charge is -2.26. The summed E-state index contributed by atoms with van der Waals surface area (Å²) in [6.07, 6.45) is -0.658. The van der Waals surface area contributed by atoms with E-state index in [0.29, 0.717) is 17.3 Å². The lowest BCUT2D eigenvalue weighted by molar-refractivity contribution is -0.127. The molecule has 4 nitrogen and oxygen atoms in total. The normalized spacial score (nSPS) is 13.4. The topological polar surface area (TPSA) is 41.6 Å². The number of carbonyl (C=O) groups excluding carboxylic acids is 1. The number of amides is 1. The van der Waals surface area contributed by atoms with Crippen molar-refractivity contribution in [3.8, 4) is 5.75 Å². The molecule has 1 N–H and O–H groups in total. The number of nitrogens with one attached hydrogen (secondary N) is 1. The second kappa shape index (κ2) is 8.83. The van der Waals surface area contributed by atoms with Crippen LogP contribution in [0.15, 0.2) is 48.5 Å². The van der Waals surface area contributed by atoms with Gasteiger partial charge >= 0.3 is 0 Å². The number of hydrogen-bond donors (Lipinski definition) is 1. The Morgan fingerprint density at radius 3 is 2.52 bits per heavy atom. The Labute approximate surface area is 152 Å². The van der Waals surface area contributed by atoms with Crippen molar-refractivity contribution in [1.82, 2.24) is 10.2 Å². The lowest BCUT2D eigenvalue weighted by Crippen LogP contribution is -2.41. The first-order chi connectivity index (χ1) is 11.9. The van der Waals surface area contributed by atoms with Gasteiger partial charge in [0.15, 0.2) is 6.10 Å². The maximum absolute atomic E-state index is 13.1. The van der Waals surface area contributed by atoms with Gasteiger partial charge in [0, 0.05) is 11.6 Å². The van der Waals surface area contributed by atoms with E-state index < -0.39 is 6.10 Å². The molecular weight excluding hydrogens is 343 g/mol. The molecule has 0 fully saturated rings. The number of carbonyl (C=O) groups is 1. The average Bonchev–Trinajstić information content (AvgIpc) is 2.56. The SMILES string of the molecule is CC(Oc1cccc(Cl)c1)C(=O)NCC(c1ccc(F)cc1)N(C)C. The minimum atomic E-state index is -0.658. The van der Waals surface area contributed by atoms with Crippen LogP contribution >= 0.6 is 11.6 Å². The minimum absolute atomic E-state index is 0.0667. The van der Waals surface area contributed by atoms with E-state index in [1.165, 1.54) is 12.1 Å². The van der Waals surface area contributed by atoms with Crippen LogP contribution in [0.4, 0.5) is 4.39 Å². The van der Waals surface area contributed by atoms with Crippen LogP contribution in [0.3, 0.4) is 0 Å². The number of rotatable bonds is 7. The highest BCUT2D eigenvalue weighted by atomic mass is 35.5. The molecule has 0 saturated heterocycles. The molecule has 25 heavy (non-hydrogen) atoms. The molecule has 2 aromatic carbocycles. The van der Waals surface area contributed by atoms with Crippen molar-refractivity contribution < 1.29 is 13.9 Å². The van der Waals surface area contributed by atoms with Crippen molar-refractivity contribution in [2.75, 3.05) is 20.6 Å². The number of ether oxygens (including phenoxy) is 1. The zero-order valence-electron chi connectivity index (χ0n) is 14.5. The molecule has 0 bridgehead atoms. The molecule has 2 atom stereocenters. The molecule has 0 aliphatic carbocycles. The Morgan fingerprint density at radius 1 is 1.24 bits per heavy atom. The van der Waals surface area contributed by atoms with Crippen LogP contribution in [0.1, 0.15) is 18.5 Å². The minimum Gasteiger partial charge on any atom is -0.481 e. The van der Waals surface area contributed by atoms with Crippen LogP contribution in [-0.2, 0) is 4.79 Å². The van der Waals surface area contributed by atoms with Gasteiger partial charge in [-0.05, 0) is 56.9 Å². The molecule has 0 aliphatic rings.